The molecule has 142 valence electrons. The predicted octanol–water partition coefficient (Wildman–Crippen LogP) is 5.38. The molecule has 0 radical (unpaired) electrons. The van der Waals surface area contributed by atoms with Crippen molar-refractivity contribution < 1.29 is 14.3 Å². The molecule has 0 saturated carbocycles. The zero-order chi connectivity index (χ0) is 20.2. The van der Waals surface area contributed by atoms with Gasteiger partial charge in [-0.15, -0.1) is 0 Å². The Morgan fingerprint density at radius 1 is 0.966 bits per heavy atom. The Bertz CT molecular complexity index is 1120. The van der Waals surface area contributed by atoms with Gasteiger partial charge >= 0.3 is 6.09 Å². The Kier molecular flexibility index (Phi) is 5.37. The topological polar surface area (TPSA) is 46.6 Å². The van der Waals surface area contributed by atoms with Crippen molar-refractivity contribution in [3.05, 3.63) is 90.0 Å². The van der Waals surface area contributed by atoms with Gasteiger partial charge in [0.2, 0.25) is 0 Å². The number of amides is 1. The summed E-state index contributed by atoms with van der Waals surface area (Å²) in [4.78, 5) is 27.1. The second kappa shape index (κ2) is 8.26. The second-order valence-electron chi connectivity index (χ2n) is 6.40. The normalized spacial score (nSPS) is 14.5. The van der Waals surface area contributed by atoms with Gasteiger partial charge in [0.1, 0.15) is 5.75 Å². The highest BCUT2D eigenvalue weighted by Gasteiger charge is 2.35. The maximum Gasteiger partial charge on any atom is 0.421 e. The molecule has 4 nitrogen and oxygen atoms in total. The van der Waals surface area contributed by atoms with Gasteiger partial charge in [0.25, 0.3) is 0 Å². The summed E-state index contributed by atoms with van der Waals surface area (Å²) in [6, 6.07) is 23.8. The van der Waals surface area contributed by atoms with Crippen LogP contribution in [0.3, 0.4) is 0 Å². The molecule has 29 heavy (non-hydrogen) atoms. The van der Waals surface area contributed by atoms with Crippen LogP contribution in [0.25, 0.3) is 0 Å². The Morgan fingerprint density at radius 2 is 1.66 bits per heavy atom. The van der Waals surface area contributed by atoms with Crippen LogP contribution in [0.2, 0.25) is 0 Å². The molecule has 0 fully saturated rings. The predicted molar refractivity (Wildman–Crippen MR) is 114 cm³/mol. The molecule has 3 aromatic rings. The van der Waals surface area contributed by atoms with Crippen molar-refractivity contribution in [1.29, 1.82) is 0 Å². The molecular weight excluding hydrogens is 382 g/mol. The highest BCUT2D eigenvalue weighted by molar-refractivity contribution is 8.00. The van der Waals surface area contributed by atoms with Gasteiger partial charge in [0.15, 0.2) is 11.2 Å². The van der Waals surface area contributed by atoms with Crippen molar-refractivity contribution in [1.82, 2.24) is 0 Å². The lowest BCUT2D eigenvalue weighted by atomic mass is 10.1. The van der Waals surface area contributed by atoms with Gasteiger partial charge in [-0.2, -0.15) is 0 Å². The lowest BCUT2D eigenvalue weighted by molar-refractivity contribution is 0.101. The minimum Gasteiger partial charge on any atom is -0.410 e. The zero-order valence-electron chi connectivity index (χ0n) is 15.7. The number of ketones is 1. The smallest absolute Gasteiger partial charge is 0.410 e. The molecule has 0 bridgehead atoms. The number of carbonyl (C=O) groups excluding carboxylic acids is 2. The van der Waals surface area contributed by atoms with Gasteiger partial charge in [-0.3, -0.25) is 9.69 Å². The van der Waals surface area contributed by atoms with E-state index in [1.807, 2.05) is 36.4 Å². The first-order valence-corrected chi connectivity index (χ1v) is 9.94. The largest absolute Gasteiger partial charge is 0.421 e. The van der Waals surface area contributed by atoms with Gasteiger partial charge in [0, 0.05) is 16.0 Å². The zero-order valence-corrected chi connectivity index (χ0v) is 16.5. The van der Waals surface area contributed by atoms with Crippen LogP contribution in [0.5, 0.6) is 5.75 Å². The average Bonchev–Trinajstić information content (AvgIpc) is 3.11. The molecule has 1 aliphatic rings. The van der Waals surface area contributed by atoms with E-state index in [1.165, 1.54) is 23.6 Å². The number of Topliss-reactive ketones (excluding diaryl/α,β-unsaturated/α-hetero) is 1. The summed E-state index contributed by atoms with van der Waals surface area (Å²) in [5, 5.41) is -0.455. The Labute approximate surface area is 173 Å². The number of hydrogen-bond donors (Lipinski definition) is 0. The van der Waals surface area contributed by atoms with Crippen LogP contribution < -0.4 is 9.64 Å². The van der Waals surface area contributed by atoms with Crippen LogP contribution in [0.1, 0.15) is 22.8 Å². The Morgan fingerprint density at radius 3 is 2.34 bits per heavy atom. The van der Waals surface area contributed by atoms with Crippen molar-refractivity contribution in [2.24, 2.45) is 0 Å². The Balaban J connectivity index is 1.68. The number of ether oxygens (including phenoxy) is 1. The fourth-order valence-electron chi connectivity index (χ4n) is 2.92. The molecule has 0 spiro atoms. The van der Waals surface area contributed by atoms with E-state index in [-0.39, 0.29) is 5.78 Å². The summed E-state index contributed by atoms with van der Waals surface area (Å²) in [5.41, 5.74) is 2.16. The number of carbonyl (C=O) groups is 2. The van der Waals surface area contributed by atoms with Crippen LogP contribution in [0.4, 0.5) is 10.5 Å². The highest BCUT2D eigenvalue weighted by atomic mass is 32.2. The third-order valence-corrected chi connectivity index (χ3v) is 5.49. The molecule has 4 rings (SSSR count). The molecule has 1 amide bonds. The molecule has 0 aromatic heterocycles. The molecule has 1 aliphatic heterocycles. The number of fused-ring (bicyclic) bond motifs is 1. The number of benzene rings is 3. The molecule has 1 heterocycles. The lowest BCUT2D eigenvalue weighted by Crippen LogP contribution is -2.37. The van der Waals surface area contributed by atoms with Crippen LogP contribution in [0, 0.1) is 11.8 Å². The second-order valence-corrected chi connectivity index (χ2v) is 7.52. The number of anilines is 1. The van der Waals surface area contributed by atoms with Gasteiger partial charge in [-0.05, 0) is 49.4 Å². The summed E-state index contributed by atoms with van der Waals surface area (Å²) in [6.45, 7) is 1.52. The minimum atomic E-state index is -0.509. The Hall–Kier alpha value is -3.49. The van der Waals surface area contributed by atoms with Crippen molar-refractivity contribution in [3.63, 3.8) is 0 Å². The minimum absolute atomic E-state index is 0.0226. The van der Waals surface area contributed by atoms with Gasteiger partial charge in [-0.1, -0.05) is 60.0 Å². The maximum atomic E-state index is 13.0. The summed E-state index contributed by atoms with van der Waals surface area (Å²) in [7, 11) is 0. The molecular formula is C24H17NO3S. The molecule has 0 aliphatic carbocycles. The van der Waals surface area contributed by atoms with Crippen molar-refractivity contribution >= 4 is 29.3 Å². The van der Waals surface area contributed by atoms with Crippen LogP contribution in [-0.4, -0.2) is 17.3 Å². The van der Waals surface area contributed by atoms with E-state index in [2.05, 4.69) is 11.8 Å². The number of rotatable bonds is 2. The van der Waals surface area contributed by atoms with Crippen LogP contribution in [0.15, 0.2) is 83.8 Å². The van der Waals surface area contributed by atoms with Crippen molar-refractivity contribution in [3.8, 4) is 17.6 Å². The van der Waals surface area contributed by atoms with Gasteiger partial charge in [0.05, 0.1) is 5.69 Å². The first-order valence-electron chi connectivity index (χ1n) is 9.06. The van der Waals surface area contributed by atoms with E-state index in [0.717, 1.165) is 10.5 Å². The van der Waals surface area contributed by atoms with Gasteiger partial charge < -0.3 is 4.74 Å². The summed E-state index contributed by atoms with van der Waals surface area (Å²) in [6.07, 6.45) is -0.509. The quantitative estimate of drug-likeness (QED) is 0.429. The fraction of sp³-hybridized carbons (Fsp3) is 0.0833. The molecule has 0 saturated heterocycles. The number of hydrogen-bond acceptors (Lipinski definition) is 4. The molecule has 3 aromatic carbocycles. The van der Waals surface area contributed by atoms with E-state index in [1.54, 1.807) is 42.5 Å². The number of nitrogens with zero attached hydrogens (tertiary/aromatic N) is 1. The standard InChI is InChI=1S/C24H17NO3S/c1-17(26)19-13-14-21-22(16-19)29-23(15-12-18-8-4-2-5-9-18)25(21)24(27)28-20-10-6-3-7-11-20/h2-11,13-14,16,23H,1H3. The van der Waals surface area contributed by atoms with E-state index < -0.39 is 11.5 Å². The summed E-state index contributed by atoms with van der Waals surface area (Å²) < 4.78 is 5.55. The van der Waals surface area contributed by atoms with Crippen molar-refractivity contribution in [2.45, 2.75) is 17.2 Å². The van der Waals surface area contributed by atoms with E-state index in [4.69, 9.17) is 4.74 Å². The number of thioether (sulfide) groups is 1. The maximum absolute atomic E-state index is 13.0. The molecule has 1 unspecified atom stereocenters. The first-order chi connectivity index (χ1) is 14.1. The van der Waals surface area contributed by atoms with Crippen molar-refractivity contribution in [2.75, 3.05) is 4.90 Å². The molecule has 1 atom stereocenters. The average molecular weight is 399 g/mol. The van der Waals surface area contributed by atoms with E-state index >= 15 is 0 Å². The SMILES string of the molecule is CC(=O)c1ccc2c(c1)SC(C#Cc1ccccc1)N2C(=O)Oc1ccccc1. The summed E-state index contributed by atoms with van der Waals surface area (Å²) >= 11 is 1.43. The van der Waals surface area contributed by atoms with Crippen LogP contribution >= 0.6 is 11.8 Å². The van der Waals surface area contributed by atoms with Crippen LogP contribution in [-0.2, 0) is 0 Å². The fourth-order valence-corrected chi connectivity index (χ4v) is 4.06. The third-order valence-electron chi connectivity index (χ3n) is 4.36. The summed E-state index contributed by atoms with van der Waals surface area (Å²) in [5.74, 6) is 6.73. The third kappa shape index (κ3) is 4.18. The monoisotopic (exact) mass is 399 g/mol. The molecule has 5 heteroatoms. The lowest BCUT2D eigenvalue weighted by Gasteiger charge is -2.20. The number of para-hydroxylation sites is 1. The highest BCUT2D eigenvalue weighted by Crippen LogP contribution is 2.44. The van der Waals surface area contributed by atoms with E-state index in [9.17, 15) is 9.59 Å². The van der Waals surface area contributed by atoms with Gasteiger partial charge in [-0.25, -0.2) is 4.79 Å². The van der Waals surface area contributed by atoms with E-state index in [0.29, 0.717) is 17.0 Å². The molecule has 0 N–H and O–H groups in total. The first kappa shape index (κ1) is 18.9.